The molecule has 0 radical (unpaired) electrons. The molecule has 0 fully saturated rings. The predicted octanol–water partition coefficient (Wildman–Crippen LogP) is 3.78. The van der Waals surface area contributed by atoms with Crippen molar-refractivity contribution in [2.45, 2.75) is 33.1 Å². The molecule has 1 nitrogen and oxygen atoms in total. The summed E-state index contributed by atoms with van der Waals surface area (Å²) in [5, 5.41) is 3.48. The van der Waals surface area contributed by atoms with Gasteiger partial charge in [0.2, 0.25) is 0 Å². The maximum atomic E-state index is 3.48. The summed E-state index contributed by atoms with van der Waals surface area (Å²) >= 11 is 0. The third kappa shape index (κ3) is 2.16. The number of benzene rings is 1. The van der Waals surface area contributed by atoms with Gasteiger partial charge in [-0.2, -0.15) is 0 Å². The van der Waals surface area contributed by atoms with Gasteiger partial charge in [-0.05, 0) is 56.4 Å². The summed E-state index contributed by atoms with van der Waals surface area (Å²) in [6, 6.07) is 6.60. The van der Waals surface area contributed by atoms with Crippen molar-refractivity contribution in [3.8, 4) is 0 Å². The molecule has 0 heterocycles. The Morgan fingerprint density at radius 1 is 1.07 bits per heavy atom. The van der Waals surface area contributed by atoms with Crippen LogP contribution in [0.3, 0.4) is 0 Å². The Balaban J connectivity index is 2.15. The minimum atomic E-state index is 1.20. The van der Waals surface area contributed by atoms with Gasteiger partial charge in [0.15, 0.2) is 0 Å². The summed E-state index contributed by atoms with van der Waals surface area (Å²) < 4.78 is 0. The highest BCUT2D eigenvalue weighted by Crippen LogP contribution is 2.21. The van der Waals surface area contributed by atoms with Crippen LogP contribution in [0.1, 0.15) is 30.4 Å². The van der Waals surface area contributed by atoms with Crippen LogP contribution >= 0.6 is 0 Å². The standard InChI is InChI=1S/C13H17N/c1-10-7-11(2)9-13(8-10)14-12-5-3-4-6-12/h5,7-9,14H,3-4,6H2,1-2H3. The van der Waals surface area contributed by atoms with Crippen molar-refractivity contribution < 1.29 is 0 Å². The molecule has 1 aliphatic carbocycles. The van der Waals surface area contributed by atoms with Crippen LogP contribution in [0.2, 0.25) is 0 Å². The Hall–Kier alpha value is -1.24. The third-order valence-electron chi connectivity index (χ3n) is 2.57. The van der Waals surface area contributed by atoms with Crippen molar-refractivity contribution in [1.29, 1.82) is 0 Å². The number of hydrogen-bond acceptors (Lipinski definition) is 1. The van der Waals surface area contributed by atoms with E-state index in [9.17, 15) is 0 Å². The van der Waals surface area contributed by atoms with Gasteiger partial charge in [0.1, 0.15) is 0 Å². The molecule has 1 N–H and O–H groups in total. The lowest BCUT2D eigenvalue weighted by Gasteiger charge is -2.09. The predicted molar refractivity (Wildman–Crippen MR) is 61.5 cm³/mol. The van der Waals surface area contributed by atoms with Gasteiger partial charge in [0, 0.05) is 11.4 Å². The summed E-state index contributed by atoms with van der Waals surface area (Å²) in [4.78, 5) is 0. The first kappa shape index (κ1) is 9.32. The van der Waals surface area contributed by atoms with Crippen LogP contribution in [0.5, 0.6) is 0 Å². The quantitative estimate of drug-likeness (QED) is 0.743. The fourth-order valence-electron chi connectivity index (χ4n) is 2.02. The number of rotatable bonds is 2. The van der Waals surface area contributed by atoms with Crippen molar-refractivity contribution in [1.82, 2.24) is 0 Å². The van der Waals surface area contributed by atoms with Crippen molar-refractivity contribution in [2.75, 3.05) is 5.32 Å². The highest BCUT2D eigenvalue weighted by molar-refractivity contribution is 5.52. The van der Waals surface area contributed by atoms with Crippen molar-refractivity contribution in [3.63, 3.8) is 0 Å². The molecule has 0 amide bonds. The number of allylic oxidation sites excluding steroid dienone is 2. The topological polar surface area (TPSA) is 12.0 Å². The van der Waals surface area contributed by atoms with Gasteiger partial charge >= 0.3 is 0 Å². The van der Waals surface area contributed by atoms with Crippen LogP contribution in [-0.2, 0) is 0 Å². The van der Waals surface area contributed by atoms with Crippen LogP contribution in [0.4, 0.5) is 5.69 Å². The summed E-state index contributed by atoms with van der Waals surface area (Å²) in [5.74, 6) is 0. The van der Waals surface area contributed by atoms with E-state index in [1.165, 1.54) is 41.8 Å². The van der Waals surface area contributed by atoms with Gasteiger partial charge in [0.05, 0.1) is 0 Å². The van der Waals surface area contributed by atoms with Crippen LogP contribution in [0.25, 0.3) is 0 Å². The molecule has 0 unspecified atom stereocenters. The lowest BCUT2D eigenvalue weighted by Crippen LogP contribution is -1.97. The molecule has 0 atom stereocenters. The van der Waals surface area contributed by atoms with E-state index in [4.69, 9.17) is 0 Å². The number of hydrogen-bond donors (Lipinski definition) is 1. The fourth-order valence-corrected chi connectivity index (χ4v) is 2.02. The second-order valence-electron chi connectivity index (χ2n) is 4.12. The zero-order valence-corrected chi connectivity index (χ0v) is 8.93. The molecule has 1 aliphatic rings. The van der Waals surface area contributed by atoms with Gasteiger partial charge in [0.25, 0.3) is 0 Å². The SMILES string of the molecule is Cc1cc(C)cc(NC2=CCCC2)c1. The highest BCUT2D eigenvalue weighted by Gasteiger charge is 2.04. The molecular formula is C13H17N. The molecule has 14 heavy (non-hydrogen) atoms. The van der Waals surface area contributed by atoms with E-state index >= 15 is 0 Å². The Bertz CT molecular complexity index is 343. The van der Waals surface area contributed by atoms with E-state index in [0.717, 1.165) is 0 Å². The van der Waals surface area contributed by atoms with Crippen LogP contribution in [-0.4, -0.2) is 0 Å². The zero-order valence-electron chi connectivity index (χ0n) is 8.93. The molecular weight excluding hydrogens is 170 g/mol. The average Bonchev–Trinajstić information content (AvgIpc) is 2.54. The molecule has 1 aromatic rings. The fraction of sp³-hybridized carbons (Fsp3) is 0.385. The molecule has 1 aromatic carbocycles. The molecule has 0 aliphatic heterocycles. The largest absolute Gasteiger partial charge is 0.359 e. The average molecular weight is 187 g/mol. The molecule has 0 aromatic heterocycles. The normalized spacial score (nSPS) is 15.4. The van der Waals surface area contributed by atoms with Crippen molar-refractivity contribution in [3.05, 3.63) is 41.1 Å². The lowest BCUT2D eigenvalue weighted by molar-refractivity contribution is 0.908. The molecule has 1 heteroatoms. The lowest BCUT2D eigenvalue weighted by atomic mass is 10.1. The van der Waals surface area contributed by atoms with Gasteiger partial charge in [-0.1, -0.05) is 12.1 Å². The second kappa shape index (κ2) is 3.87. The van der Waals surface area contributed by atoms with Gasteiger partial charge < -0.3 is 5.32 Å². The van der Waals surface area contributed by atoms with Crippen LogP contribution < -0.4 is 5.32 Å². The van der Waals surface area contributed by atoms with Gasteiger partial charge in [-0.3, -0.25) is 0 Å². The first-order chi connectivity index (χ1) is 6.74. The Labute approximate surface area is 85.8 Å². The van der Waals surface area contributed by atoms with Gasteiger partial charge in [-0.15, -0.1) is 0 Å². The van der Waals surface area contributed by atoms with Crippen molar-refractivity contribution >= 4 is 5.69 Å². The minimum absolute atomic E-state index is 1.20. The van der Waals surface area contributed by atoms with Gasteiger partial charge in [-0.25, -0.2) is 0 Å². The smallest absolute Gasteiger partial charge is 0.0387 e. The summed E-state index contributed by atoms with van der Waals surface area (Å²) in [6.07, 6.45) is 6.03. The Morgan fingerprint density at radius 2 is 1.79 bits per heavy atom. The summed E-state index contributed by atoms with van der Waals surface area (Å²) in [6.45, 7) is 4.28. The Morgan fingerprint density at radius 3 is 2.36 bits per heavy atom. The summed E-state index contributed by atoms with van der Waals surface area (Å²) in [7, 11) is 0. The molecule has 2 rings (SSSR count). The maximum absolute atomic E-state index is 3.48. The minimum Gasteiger partial charge on any atom is -0.359 e. The van der Waals surface area contributed by atoms with E-state index in [1.54, 1.807) is 0 Å². The zero-order chi connectivity index (χ0) is 9.97. The summed E-state index contributed by atoms with van der Waals surface area (Å²) in [5.41, 5.74) is 5.27. The monoisotopic (exact) mass is 187 g/mol. The number of anilines is 1. The van der Waals surface area contributed by atoms with Crippen LogP contribution in [0, 0.1) is 13.8 Å². The molecule has 0 saturated carbocycles. The molecule has 0 spiro atoms. The first-order valence-electron chi connectivity index (χ1n) is 5.28. The van der Waals surface area contributed by atoms with E-state index in [1.807, 2.05) is 0 Å². The second-order valence-corrected chi connectivity index (χ2v) is 4.12. The van der Waals surface area contributed by atoms with E-state index in [0.29, 0.717) is 0 Å². The number of nitrogens with one attached hydrogen (secondary N) is 1. The number of aryl methyl sites for hydroxylation is 2. The maximum Gasteiger partial charge on any atom is 0.0387 e. The van der Waals surface area contributed by atoms with Crippen LogP contribution in [0.15, 0.2) is 30.0 Å². The molecule has 0 bridgehead atoms. The highest BCUT2D eigenvalue weighted by atomic mass is 14.9. The molecule has 0 saturated heterocycles. The van der Waals surface area contributed by atoms with E-state index in [2.05, 4.69) is 43.4 Å². The van der Waals surface area contributed by atoms with Crippen molar-refractivity contribution in [2.24, 2.45) is 0 Å². The van der Waals surface area contributed by atoms with E-state index in [-0.39, 0.29) is 0 Å². The first-order valence-corrected chi connectivity index (χ1v) is 5.28. The Kier molecular flexibility index (Phi) is 2.58. The molecule has 74 valence electrons. The van der Waals surface area contributed by atoms with E-state index < -0.39 is 0 Å². The third-order valence-corrected chi connectivity index (χ3v) is 2.57.